The number of aromatic nitrogens is 1. The molecule has 0 fully saturated rings. The van der Waals surface area contributed by atoms with Gasteiger partial charge >= 0.3 is 0 Å². The van der Waals surface area contributed by atoms with E-state index in [0.29, 0.717) is 5.75 Å². The van der Waals surface area contributed by atoms with Gasteiger partial charge in [0.1, 0.15) is 11.6 Å². The zero-order valence-electron chi connectivity index (χ0n) is 8.95. The highest BCUT2D eigenvalue weighted by molar-refractivity contribution is 5.89. The summed E-state index contributed by atoms with van der Waals surface area (Å²) in [6.45, 7) is 2.88. The largest absolute Gasteiger partial charge is 0.507 e. The van der Waals surface area contributed by atoms with Crippen molar-refractivity contribution in [1.29, 1.82) is 0 Å². The Morgan fingerprint density at radius 1 is 1.38 bits per heavy atom. The fourth-order valence-corrected chi connectivity index (χ4v) is 2.09. The minimum Gasteiger partial charge on any atom is -0.507 e. The van der Waals surface area contributed by atoms with Crippen molar-refractivity contribution in [3.05, 3.63) is 29.3 Å². The van der Waals surface area contributed by atoms with Crippen LogP contribution in [0.5, 0.6) is 5.75 Å². The molecule has 3 rings (SSSR count). The molecule has 0 amide bonds. The Morgan fingerprint density at radius 3 is 3.00 bits per heavy atom. The molecule has 4 heteroatoms. The van der Waals surface area contributed by atoms with Crippen molar-refractivity contribution in [2.75, 3.05) is 11.9 Å². The summed E-state index contributed by atoms with van der Waals surface area (Å²) in [4.78, 5) is 4.49. The van der Waals surface area contributed by atoms with E-state index >= 15 is 0 Å². The lowest BCUT2D eigenvalue weighted by atomic mass is 10.1. The summed E-state index contributed by atoms with van der Waals surface area (Å²) in [5.41, 5.74) is 2.95. The van der Waals surface area contributed by atoms with Crippen LogP contribution in [0.4, 0.5) is 5.82 Å². The first-order valence-electron chi connectivity index (χ1n) is 5.12. The number of anilines is 1. The van der Waals surface area contributed by atoms with Gasteiger partial charge in [-0.3, -0.25) is 0 Å². The van der Waals surface area contributed by atoms with Crippen molar-refractivity contribution in [2.24, 2.45) is 0 Å². The first-order valence-corrected chi connectivity index (χ1v) is 5.12. The minimum atomic E-state index is 0. The Kier molecular flexibility index (Phi) is 2.64. The maximum absolute atomic E-state index is 10.1. The van der Waals surface area contributed by atoms with Gasteiger partial charge < -0.3 is 10.4 Å². The Hall–Kier alpha value is -1.48. The standard InChI is InChI=1S/C12H12N2O.ClH/c1-7-2-3-10-9(6-7)11(15)8-4-5-13-12(8)14-10;/h2-3,6H,4-5H2,1H3,(H2,13,14,15);1H. The second-order valence-corrected chi connectivity index (χ2v) is 3.98. The van der Waals surface area contributed by atoms with Crippen LogP contribution in [0.15, 0.2) is 18.2 Å². The number of aromatic hydroxyl groups is 1. The van der Waals surface area contributed by atoms with Gasteiger partial charge in [-0.2, -0.15) is 0 Å². The molecule has 0 bridgehead atoms. The Morgan fingerprint density at radius 2 is 2.19 bits per heavy atom. The van der Waals surface area contributed by atoms with E-state index in [-0.39, 0.29) is 12.4 Å². The minimum absolute atomic E-state index is 0. The molecule has 2 N–H and O–H groups in total. The molecule has 0 saturated carbocycles. The van der Waals surface area contributed by atoms with Crippen molar-refractivity contribution in [3.8, 4) is 5.75 Å². The van der Waals surface area contributed by atoms with E-state index in [2.05, 4.69) is 10.3 Å². The van der Waals surface area contributed by atoms with Crippen LogP contribution in [-0.2, 0) is 6.42 Å². The SMILES string of the molecule is Cc1ccc2nc3c(c(O)c2c1)CCN3.Cl. The van der Waals surface area contributed by atoms with Gasteiger partial charge in [0.25, 0.3) is 0 Å². The summed E-state index contributed by atoms with van der Waals surface area (Å²) < 4.78 is 0. The van der Waals surface area contributed by atoms with Gasteiger partial charge in [0, 0.05) is 17.5 Å². The Balaban J connectivity index is 0.000000963. The third-order valence-electron chi connectivity index (χ3n) is 2.88. The molecule has 84 valence electrons. The molecule has 0 saturated heterocycles. The van der Waals surface area contributed by atoms with Crippen molar-refractivity contribution in [3.63, 3.8) is 0 Å². The summed E-state index contributed by atoms with van der Waals surface area (Å²) in [5, 5.41) is 14.2. The van der Waals surface area contributed by atoms with Crippen molar-refractivity contribution >= 4 is 29.1 Å². The van der Waals surface area contributed by atoms with Crippen molar-refractivity contribution in [1.82, 2.24) is 4.98 Å². The smallest absolute Gasteiger partial charge is 0.133 e. The van der Waals surface area contributed by atoms with Crippen LogP contribution in [0, 0.1) is 6.92 Å². The first kappa shape index (κ1) is 11.0. The number of rotatable bonds is 0. The van der Waals surface area contributed by atoms with E-state index in [4.69, 9.17) is 0 Å². The maximum Gasteiger partial charge on any atom is 0.133 e. The van der Waals surface area contributed by atoms with Gasteiger partial charge in [-0.1, -0.05) is 11.6 Å². The number of nitrogens with one attached hydrogen (secondary N) is 1. The predicted octanol–water partition coefficient (Wildman–Crippen LogP) is 2.64. The molecule has 1 aromatic carbocycles. The van der Waals surface area contributed by atoms with Crippen LogP contribution < -0.4 is 5.32 Å². The number of benzene rings is 1. The maximum atomic E-state index is 10.1. The molecule has 2 heterocycles. The van der Waals surface area contributed by atoms with Crippen LogP contribution in [-0.4, -0.2) is 16.6 Å². The quantitative estimate of drug-likeness (QED) is 0.739. The Labute approximate surface area is 99.9 Å². The highest BCUT2D eigenvalue weighted by Gasteiger charge is 2.18. The highest BCUT2D eigenvalue weighted by atomic mass is 35.5. The van der Waals surface area contributed by atoms with Crippen LogP contribution in [0.3, 0.4) is 0 Å². The predicted molar refractivity (Wildman–Crippen MR) is 67.6 cm³/mol. The third kappa shape index (κ3) is 1.48. The van der Waals surface area contributed by atoms with Crippen molar-refractivity contribution < 1.29 is 5.11 Å². The number of hydrogen-bond acceptors (Lipinski definition) is 3. The molecule has 1 aliphatic heterocycles. The van der Waals surface area contributed by atoms with Gasteiger partial charge in [-0.15, -0.1) is 12.4 Å². The van der Waals surface area contributed by atoms with Crippen LogP contribution in [0.25, 0.3) is 10.9 Å². The van der Waals surface area contributed by atoms with Gasteiger partial charge in [0.2, 0.25) is 0 Å². The van der Waals surface area contributed by atoms with Crippen LogP contribution in [0.2, 0.25) is 0 Å². The van der Waals surface area contributed by atoms with E-state index in [1.54, 1.807) is 0 Å². The summed E-state index contributed by atoms with van der Waals surface area (Å²) in [5.74, 6) is 1.23. The van der Waals surface area contributed by atoms with E-state index in [1.165, 1.54) is 0 Å². The third-order valence-corrected chi connectivity index (χ3v) is 2.88. The van der Waals surface area contributed by atoms with Crippen LogP contribution >= 0.6 is 12.4 Å². The zero-order chi connectivity index (χ0) is 10.4. The first-order chi connectivity index (χ1) is 7.25. The number of halogens is 1. The van der Waals surface area contributed by atoms with E-state index in [0.717, 1.165) is 40.8 Å². The summed E-state index contributed by atoms with van der Waals surface area (Å²) in [6, 6.07) is 5.94. The number of aryl methyl sites for hydroxylation is 1. The molecular weight excluding hydrogens is 224 g/mol. The molecule has 1 aliphatic rings. The molecule has 3 nitrogen and oxygen atoms in total. The monoisotopic (exact) mass is 236 g/mol. The van der Waals surface area contributed by atoms with Gasteiger partial charge in [-0.25, -0.2) is 4.98 Å². The molecule has 0 spiro atoms. The molecule has 16 heavy (non-hydrogen) atoms. The lowest BCUT2D eigenvalue weighted by Crippen LogP contribution is -1.93. The molecule has 0 aliphatic carbocycles. The van der Waals surface area contributed by atoms with E-state index in [9.17, 15) is 5.11 Å². The average molecular weight is 237 g/mol. The molecule has 1 aromatic heterocycles. The Bertz CT molecular complexity index is 554. The molecular formula is C12H13ClN2O. The average Bonchev–Trinajstić information content (AvgIpc) is 2.68. The topological polar surface area (TPSA) is 45.2 Å². The number of nitrogens with zero attached hydrogens (tertiary/aromatic N) is 1. The van der Waals surface area contributed by atoms with Crippen molar-refractivity contribution in [2.45, 2.75) is 13.3 Å². The zero-order valence-corrected chi connectivity index (χ0v) is 9.77. The number of fused-ring (bicyclic) bond motifs is 2. The van der Waals surface area contributed by atoms with Gasteiger partial charge in [0.15, 0.2) is 0 Å². The molecule has 2 aromatic rings. The van der Waals surface area contributed by atoms with Gasteiger partial charge in [-0.05, 0) is 25.5 Å². The normalized spacial score (nSPS) is 13.1. The number of pyridine rings is 1. The summed E-state index contributed by atoms with van der Waals surface area (Å²) >= 11 is 0. The summed E-state index contributed by atoms with van der Waals surface area (Å²) in [7, 11) is 0. The lowest BCUT2D eigenvalue weighted by molar-refractivity contribution is 0.476. The van der Waals surface area contributed by atoms with Gasteiger partial charge in [0.05, 0.1) is 5.52 Å². The highest BCUT2D eigenvalue weighted by Crippen LogP contribution is 2.35. The van der Waals surface area contributed by atoms with E-state index in [1.807, 2.05) is 25.1 Å². The fourth-order valence-electron chi connectivity index (χ4n) is 2.09. The lowest BCUT2D eigenvalue weighted by Gasteiger charge is -2.06. The molecule has 0 unspecified atom stereocenters. The van der Waals surface area contributed by atoms with E-state index < -0.39 is 0 Å². The molecule has 0 radical (unpaired) electrons. The number of hydrogen-bond donors (Lipinski definition) is 2. The second kappa shape index (κ2) is 3.83. The summed E-state index contributed by atoms with van der Waals surface area (Å²) in [6.07, 6.45) is 0.859. The van der Waals surface area contributed by atoms with Crippen LogP contribution in [0.1, 0.15) is 11.1 Å². The fraction of sp³-hybridized carbons (Fsp3) is 0.250. The molecule has 0 atom stereocenters. The second-order valence-electron chi connectivity index (χ2n) is 3.98.